The lowest BCUT2D eigenvalue weighted by Gasteiger charge is -2.19. The SMILES string of the molecule is C=C(C)CN(CC)CCC(=O)Nc1ccc(F)c(F)c1.Cl. The molecule has 0 aromatic heterocycles. The van der Waals surface area contributed by atoms with Gasteiger partial charge in [0.15, 0.2) is 11.6 Å². The smallest absolute Gasteiger partial charge is 0.225 e. The van der Waals surface area contributed by atoms with E-state index >= 15 is 0 Å². The van der Waals surface area contributed by atoms with E-state index in [1.54, 1.807) is 0 Å². The molecular formula is C15H21ClF2N2O. The van der Waals surface area contributed by atoms with Crippen molar-refractivity contribution in [3.63, 3.8) is 0 Å². The molecule has 6 heteroatoms. The predicted molar refractivity (Wildman–Crippen MR) is 83.8 cm³/mol. The Morgan fingerprint density at radius 3 is 2.52 bits per heavy atom. The lowest BCUT2D eigenvalue weighted by Crippen LogP contribution is -2.29. The van der Waals surface area contributed by atoms with E-state index in [1.165, 1.54) is 6.07 Å². The van der Waals surface area contributed by atoms with Crippen LogP contribution in [0.2, 0.25) is 0 Å². The second kappa shape index (κ2) is 9.47. The van der Waals surface area contributed by atoms with Crippen LogP contribution in [0, 0.1) is 11.6 Å². The summed E-state index contributed by atoms with van der Waals surface area (Å²) in [6.45, 7) is 9.95. The molecule has 1 rings (SSSR count). The van der Waals surface area contributed by atoms with Crippen LogP contribution in [0.5, 0.6) is 0 Å². The minimum Gasteiger partial charge on any atom is -0.326 e. The van der Waals surface area contributed by atoms with Gasteiger partial charge in [0.05, 0.1) is 0 Å². The first-order valence-corrected chi connectivity index (χ1v) is 6.54. The molecule has 21 heavy (non-hydrogen) atoms. The average molecular weight is 319 g/mol. The van der Waals surface area contributed by atoms with E-state index in [-0.39, 0.29) is 24.0 Å². The van der Waals surface area contributed by atoms with Crippen LogP contribution >= 0.6 is 12.4 Å². The number of halogens is 3. The second-order valence-electron chi connectivity index (χ2n) is 4.75. The second-order valence-corrected chi connectivity index (χ2v) is 4.75. The average Bonchev–Trinajstić information content (AvgIpc) is 2.38. The summed E-state index contributed by atoms with van der Waals surface area (Å²) in [6, 6.07) is 3.30. The Bertz CT molecular complexity index is 495. The van der Waals surface area contributed by atoms with Crippen LogP contribution in [0.3, 0.4) is 0 Å². The van der Waals surface area contributed by atoms with Gasteiger partial charge in [-0.1, -0.05) is 19.1 Å². The van der Waals surface area contributed by atoms with Crippen molar-refractivity contribution in [2.24, 2.45) is 0 Å². The molecule has 0 bridgehead atoms. The number of likely N-dealkylation sites (N-methyl/N-ethyl adjacent to an activating group) is 1. The molecule has 0 heterocycles. The van der Waals surface area contributed by atoms with E-state index in [4.69, 9.17) is 0 Å². The highest BCUT2D eigenvalue weighted by molar-refractivity contribution is 5.90. The summed E-state index contributed by atoms with van der Waals surface area (Å²) >= 11 is 0. The molecular weight excluding hydrogens is 298 g/mol. The normalized spacial score (nSPS) is 10.1. The lowest BCUT2D eigenvalue weighted by atomic mass is 10.2. The molecule has 1 aromatic rings. The van der Waals surface area contributed by atoms with Crippen molar-refractivity contribution in [3.8, 4) is 0 Å². The lowest BCUT2D eigenvalue weighted by molar-refractivity contribution is -0.116. The number of hydrogen-bond acceptors (Lipinski definition) is 2. The Balaban J connectivity index is 0.00000400. The van der Waals surface area contributed by atoms with E-state index in [1.807, 2.05) is 13.8 Å². The van der Waals surface area contributed by atoms with Crippen molar-refractivity contribution in [3.05, 3.63) is 42.0 Å². The quantitative estimate of drug-likeness (QED) is 0.779. The zero-order valence-corrected chi connectivity index (χ0v) is 13.1. The van der Waals surface area contributed by atoms with Gasteiger partial charge >= 0.3 is 0 Å². The van der Waals surface area contributed by atoms with Crippen molar-refractivity contribution in [1.82, 2.24) is 4.90 Å². The van der Waals surface area contributed by atoms with Gasteiger partial charge in [0.2, 0.25) is 5.91 Å². The van der Waals surface area contributed by atoms with Crippen LogP contribution < -0.4 is 5.32 Å². The molecule has 1 aromatic carbocycles. The van der Waals surface area contributed by atoms with Crippen LogP contribution in [0.1, 0.15) is 20.3 Å². The fraction of sp³-hybridized carbons (Fsp3) is 0.400. The van der Waals surface area contributed by atoms with Gasteiger partial charge in [0.1, 0.15) is 0 Å². The molecule has 0 atom stereocenters. The third-order valence-electron chi connectivity index (χ3n) is 2.80. The number of benzene rings is 1. The summed E-state index contributed by atoms with van der Waals surface area (Å²) < 4.78 is 25.8. The highest BCUT2D eigenvalue weighted by Crippen LogP contribution is 2.13. The van der Waals surface area contributed by atoms with Crippen LogP contribution in [-0.2, 0) is 4.79 Å². The number of carbonyl (C=O) groups is 1. The maximum absolute atomic E-state index is 13.0. The van der Waals surface area contributed by atoms with Crippen molar-refractivity contribution < 1.29 is 13.6 Å². The Morgan fingerprint density at radius 2 is 2.00 bits per heavy atom. The Hall–Kier alpha value is -1.46. The number of rotatable bonds is 7. The zero-order chi connectivity index (χ0) is 15.1. The van der Waals surface area contributed by atoms with E-state index in [9.17, 15) is 13.6 Å². The number of nitrogens with one attached hydrogen (secondary N) is 1. The zero-order valence-electron chi connectivity index (χ0n) is 12.3. The summed E-state index contributed by atoms with van der Waals surface area (Å²) in [7, 11) is 0. The molecule has 1 N–H and O–H groups in total. The number of anilines is 1. The minimum absolute atomic E-state index is 0. The Labute approximate surface area is 130 Å². The van der Waals surface area contributed by atoms with Gasteiger partial charge in [-0.15, -0.1) is 12.4 Å². The highest BCUT2D eigenvalue weighted by Gasteiger charge is 2.09. The largest absolute Gasteiger partial charge is 0.326 e. The van der Waals surface area contributed by atoms with Gasteiger partial charge < -0.3 is 5.32 Å². The number of amides is 1. The van der Waals surface area contributed by atoms with Gasteiger partial charge in [-0.3, -0.25) is 9.69 Å². The summed E-state index contributed by atoms with van der Waals surface area (Å²) in [5.41, 5.74) is 1.30. The maximum atomic E-state index is 13.0. The standard InChI is InChI=1S/C15H20F2N2O.ClH/c1-4-19(10-11(2)3)8-7-15(20)18-12-5-6-13(16)14(17)9-12;/h5-6,9H,2,4,7-8,10H2,1,3H3,(H,18,20);1H. The highest BCUT2D eigenvalue weighted by atomic mass is 35.5. The monoisotopic (exact) mass is 318 g/mol. The maximum Gasteiger partial charge on any atom is 0.225 e. The number of hydrogen-bond donors (Lipinski definition) is 1. The molecule has 0 spiro atoms. The summed E-state index contributed by atoms with van der Waals surface area (Å²) in [5, 5.41) is 2.55. The molecule has 3 nitrogen and oxygen atoms in total. The first kappa shape index (κ1) is 19.5. The first-order chi connectivity index (χ1) is 9.42. The fourth-order valence-corrected chi connectivity index (χ4v) is 1.79. The summed E-state index contributed by atoms with van der Waals surface area (Å²) in [6.07, 6.45) is 0.292. The van der Waals surface area contributed by atoms with Gasteiger partial charge in [0, 0.05) is 31.3 Å². The van der Waals surface area contributed by atoms with Crippen molar-refractivity contribution >= 4 is 24.0 Å². The molecule has 0 radical (unpaired) electrons. The molecule has 0 saturated heterocycles. The Kier molecular flexibility index (Phi) is 8.81. The number of nitrogens with zero attached hydrogens (tertiary/aromatic N) is 1. The third kappa shape index (κ3) is 7.20. The summed E-state index contributed by atoms with van der Waals surface area (Å²) in [5.74, 6) is -2.13. The molecule has 118 valence electrons. The van der Waals surface area contributed by atoms with Crippen LogP contribution in [0.25, 0.3) is 0 Å². The molecule has 0 saturated carbocycles. The van der Waals surface area contributed by atoms with Crippen LogP contribution in [0.15, 0.2) is 30.4 Å². The van der Waals surface area contributed by atoms with Crippen molar-refractivity contribution in [1.29, 1.82) is 0 Å². The van der Waals surface area contributed by atoms with E-state index in [0.717, 1.165) is 30.8 Å². The molecule has 0 aliphatic rings. The van der Waals surface area contributed by atoms with E-state index < -0.39 is 11.6 Å². The topological polar surface area (TPSA) is 32.3 Å². The summed E-state index contributed by atoms with van der Waals surface area (Å²) in [4.78, 5) is 13.8. The molecule has 0 aliphatic carbocycles. The fourth-order valence-electron chi connectivity index (χ4n) is 1.79. The van der Waals surface area contributed by atoms with Crippen molar-refractivity contribution in [2.45, 2.75) is 20.3 Å². The Morgan fingerprint density at radius 1 is 1.33 bits per heavy atom. The molecule has 0 fully saturated rings. The van der Waals surface area contributed by atoms with Crippen LogP contribution in [0.4, 0.5) is 14.5 Å². The third-order valence-corrected chi connectivity index (χ3v) is 2.80. The molecule has 1 amide bonds. The van der Waals surface area contributed by atoms with Gasteiger partial charge in [-0.2, -0.15) is 0 Å². The van der Waals surface area contributed by atoms with E-state index in [2.05, 4.69) is 16.8 Å². The van der Waals surface area contributed by atoms with Gasteiger partial charge in [0.25, 0.3) is 0 Å². The molecule has 0 aliphatic heterocycles. The minimum atomic E-state index is -0.972. The predicted octanol–water partition coefficient (Wildman–Crippen LogP) is 3.61. The van der Waals surface area contributed by atoms with Crippen LogP contribution in [-0.4, -0.2) is 30.4 Å². The van der Waals surface area contributed by atoms with E-state index in [0.29, 0.717) is 13.0 Å². The van der Waals surface area contributed by atoms with Gasteiger partial charge in [-0.25, -0.2) is 8.78 Å². The van der Waals surface area contributed by atoms with Gasteiger partial charge in [-0.05, 0) is 25.6 Å². The molecule has 0 unspecified atom stereocenters. The number of carbonyl (C=O) groups excluding carboxylic acids is 1. The first-order valence-electron chi connectivity index (χ1n) is 6.54. The van der Waals surface area contributed by atoms with Crippen molar-refractivity contribution in [2.75, 3.05) is 25.0 Å².